The summed E-state index contributed by atoms with van der Waals surface area (Å²) in [7, 11) is 0. The molecule has 0 bridgehead atoms. The van der Waals surface area contributed by atoms with Crippen molar-refractivity contribution in [1.29, 1.82) is 0 Å². The maximum Gasteiger partial charge on any atom is 0.220 e. The minimum Gasteiger partial charge on any atom is -0.391 e. The molecule has 0 spiro atoms. The Morgan fingerprint density at radius 3 is 2.43 bits per heavy atom. The fourth-order valence-corrected chi connectivity index (χ4v) is 3.09. The summed E-state index contributed by atoms with van der Waals surface area (Å²) in [6, 6.07) is 9.03. The van der Waals surface area contributed by atoms with Crippen LogP contribution in [0.2, 0.25) is 0 Å². The molecule has 1 aliphatic rings. The van der Waals surface area contributed by atoms with Crippen molar-refractivity contribution >= 4 is 11.7 Å². The van der Waals surface area contributed by atoms with Crippen LogP contribution < -0.4 is 5.32 Å². The van der Waals surface area contributed by atoms with Gasteiger partial charge in [-0.25, -0.2) is 0 Å². The number of amides is 1. The van der Waals surface area contributed by atoms with Crippen molar-refractivity contribution in [3.05, 3.63) is 35.9 Å². The van der Waals surface area contributed by atoms with Crippen molar-refractivity contribution in [3.8, 4) is 0 Å². The minimum absolute atomic E-state index is 0.0597. The molecule has 0 radical (unpaired) electrons. The fourth-order valence-electron chi connectivity index (χ4n) is 3.09. The summed E-state index contributed by atoms with van der Waals surface area (Å²) < 4.78 is 0. The third-order valence-corrected chi connectivity index (χ3v) is 4.48. The molecule has 126 valence electrons. The summed E-state index contributed by atoms with van der Waals surface area (Å²) in [6.07, 6.45) is 6.84. The molecule has 2 rings (SSSR count). The first-order valence-electron chi connectivity index (χ1n) is 8.72. The fraction of sp³-hybridized carbons (Fsp3) is 0.579. The van der Waals surface area contributed by atoms with Crippen LogP contribution in [-0.4, -0.2) is 28.9 Å². The van der Waals surface area contributed by atoms with Crippen LogP contribution in [0.5, 0.6) is 0 Å². The number of hydrogen-bond donors (Lipinski definition) is 2. The first kappa shape index (κ1) is 17.7. The Kier molecular flexibility index (Phi) is 7.27. The standard InChI is InChI=1S/C19H27NO3/c21-17(15-9-4-3-5-10-15)13-8-14-19(23)20-16-11-6-1-2-7-12-18(16)22/h3-5,9-10,16,18,22H,1-2,6-8,11-14H2,(H,20,23)/t16-,18-/m0/s1. The van der Waals surface area contributed by atoms with Gasteiger partial charge in [0.25, 0.3) is 0 Å². The van der Waals surface area contributed by atoms with Gasteiger partial charge in [-0.15, -0.1) is 0 Å². The van der Waals surface area contributed by atoms with Gasteiger partial charge >= 0.3 is 0 Å². The van der Waals surface area contributed by atoms with Gasteiger partial charge in [0.1, 0.15) is 0 Å². The van der Waals surface area contributed by atoms with E-state index in [4.69, 9.17) is 0 Å². The predicted octanol–water partition coefficient (Wildman–Crippen LogP) is 3.24. The molecule has 1 amide bonds. The normalized spacial score (nSPS) is 22.0. The van der Waals surface area contributed by atoms with E-state index in [1.54, 1.807) is 12.1 Å². The number of rotatable bonds is 6. The topological polar surface area (TPSA) is 66.4 Å². The number of Topliss-reactive ketones (excluding diaryl/α,β-unsaturated/α-hetero) is 1. The van der Waals surface area contributed by atoms with E-state index < -0.39 is 6.10 Å². The molecule has 4 heteroatoms. The largest absolute Gasteiger partial charge is 0.391 e. The molecule has 0 unspecified atom stereocenters. The Morgan fingerprint density at radius 2 is 1.70 bits per heavy atom. The van der Waals surface area contributed by atoms with E-state index in [2.05, 4.69) is 5.32 Å². The first-order valence-corrected chi connectivity index (χ1v) is 8.72. The highest BCUT2D eigenvalue weighted by atomic mass is 16.3. The number of aliphatic hydroxyl groups excluding tert-OH is 1. The molecule has 1 aliphatic carbocycles. The SMILES string of the molecule is O=C(CCCC(=O)c1ccccc1)N[C@H]1CCCCCC[C@@H]1O. The molecule has 4 nitrogen and oxygen atoms in total. The zero-order valence-corrected chi connectivity index (χ0v) is 13.7. The van der Waals surface area contributed by atoms with Crippen LogP contribution in [0.4, 0.5) is 0 Å². The van der Waals surface area contributed by atoms with Gasteiger partial charge in [-0.3, -0.25) is 9.59 Å². The van der Waals surface area contributed by atoms with Crippen LogP contribution >= 0.6 is 0 Å². The second kappa shape index (κ2) is 9.46. The average molecular weight is 317 g/mol. The van der Waals surface area contributed by atoms with Gasteiger partial charge in [0.05, 0.1) is 12.1 Å². The molecule has 2 atom stereocenters. The average Bonchev–Trinajstić information content (AvgIpc) is 2.55. The van der Waals surface area contributed by atoms with Gasteiger partial charge in [-0.05, 0) is 19.3 Å². The van der Waals surface area contributed by atoms with E-state index in [1.807, 2.05) is 18.2 Å². The summed E-state index contributed by atoms with van der Waals surface area (Å²) in [4.78, 5) is 24.0. The molecule has 1 aromatic carbocycles. The highest BCUT2D eigenvalue weighted by Crippen LogP contribution is 2.18. The third kappa shape index (κ3) is 6.14. The summed E-state index contributed by atoms with van der Waals surface area (Å²) >= 11 is 0. The molecule has 0 aliphatic heterocycles. The Morgan fingerprint density at radius 1 is 1.00 bits per heavy atom. The van der Waals surface area contributed by atoms with Crippen LogP contribution in [0.3, 0.4) is 0 Å². The van der Waals surface area contributed by atoms with Crippen molar-refractivity contribution in [2.75, 3.05) is 0 Å². The first-order chi connectivity index (χ1) is 11.2. The quantitative estimate of drug-likeness (QED) is 0.792. The zero-order valence-electron chi connectivity index (χ0n) is 13.7. The Labute approximate surface area is 138 Å². The number of nitrogens with one attached hydrogen (secondary N) is 1. The molecule has 2 N–H and O–H groups in total. The summed E-state index contributed by atoms with van der Waals surface area (Å²) in [5.41, 5.74) is 0.698. The molecule has 0 heterocycles. The molecular formula is C19H27NO3. The highest BCUT2D eigenvalue weighted by Gasteiger charge is 2.22. The van der Waals surface area contributed by atoms with Crippen molar-refractivity contribution in [2.45, 2.75) is 69.9 Å². The van der Waals surface area contributed by atoms with E-state index in [0.717, 1.165) is 25.7 Å². The van der Waals surface area contributed by atoms with E-state index in [0.29, 0.717) is 24.8 Å². The van der Waals surface area contributed by atoms with Crippen LogP contribution in [0.15, 0.2) is 30.3 Å². The lowest BCUT2D eigenvalue weighted by atomic mass is 9.94. The van der Waals surface area contributed by atoms with Crippen molar-refractivity contribution in [1.82, 2.24) is 5.32 Å². The summed E-state index contributed by atoms with van der Waals surface area (Å²) in [5, 5.41) is 13.1. The lowest BCUT2D eigenvalue weighted by Gasteiger charge is -2.26. The number of ketones is 1. The van der Waals surface area contributed by atoms with Gasteiger partial charge in [0.15, 0.2) is 5.78 Å². The van der Waals surface area contributed by atoms with Gasteiger partial charge in [0, 0.05) is 18.4 Å². The molecular weight excluding hydrogens is 290 g/mol. The summed E-state index contributed by atoms with van der Waals surface area (Å²) in [5.74, 6) is 0.0138. The van der Waals surface area contributed by atoms with Gasteiger partial charge in [0.2, 0.25) is 5.91 Å². The second-order valence-corrected chi connectivity index (χ2v) is 6.38. The lowest BCUT2D eigenvalue weighted by Crippen LogP contribution is -2.43. The molecule has 0 aromatic heterocycles. The van der Waals surface area contributed by atoms with Crippen LogP contribution in [0.1, 0.15) is 68.1 Å². The van der Waals surface area contributed by atoms with E-state index in [-0.39, 0.29) is 17.7 Å². The molecule has 23 heavy (non-hydrogen) atoms. The maximum absolute atomic E-state index is 12.0. The van der Waals surface area contributed by atoms with E-state index >= 15 is 0 Å². The van der Waals surface area contributed by atoms with Crippen LogP contribution in [0, 0.1) is 0 Å². The zero-order chi connectivity index (χ0) is 16.5. The number of benzene rings is 1. The number of hydrogen-bond acceptors (Lipinski definition) is 3. The Bertz CT molecular complexity index is 501. The van der Waals surface area contributed by atoms with Crippen LogP contribution in [-0.2, 0) is 4.79 Å². The van der Waals surface area contributed by atoms with Crippen molar-refractivity contribution in [2.24, 2.45) is 0 Å². The van der Waals surface area contributed by atoms with Crippen LogP contribution in [0.25, 0.3) is 0 Å². The molecule has 1 fully saturated rings. The van der Waals surface area contributed by atoms with E-state index in [1.165, 1.54) is 12.8 Å². The monoisotopic (exact) mass is 317 g/mol. The van der Waals surface area contributed by atoms with Crippen molar-refractivity contribution in [3.63, 3.8) is 0 Å². The Balaban J connectivity index is 1.71. The third-order valence-electron chi connectivity index (χ3n) is 4.48. The van der Waals surface area contributed by atoms with Crippen molar-refractivity contribution < 1.29 is 14.7 Å². The lowest BCUT2D eigenvalue weighted by molar-refractivity contribution is -0.122. The molecule has 1 saturated carbocycles. The summed E-state index contributed by atoms with van der Waals surface area (Å²) in [6.45, 7) is 0. The highest BCUT2D eigenvalue weighted by molar-refractivity contribution is 5.96. The second-order valence-electron chi connectivity index (χ2n) is 6.38. The molecule has 1 aromatic rings. The molecule has 0 saturated heterocycles. The number of aliphatic hydroxyl groups is 1. The predicted molar refractivity (Wildman–Crippen MR) is 90.3 cm³/mol. The Hall–Kier alpha value is -1.68. The number of carbonyl (C=O) groups excluding carboxylic acids is 2. The maximum atomic E-state index is 12.0. The smallest absolute Gasteiger partial charge is 0.220 e. The van der Waals surface area contributed by atoms with Gasteiger partial charge in [-0.2, -0.15) is 0 Å². The van der Waals surface area contributed by atoms with E-state index in [9.17, 15) is 14.7 Å². The van der Waals surface area contributed by atoms with Gasteiger partial charge < -0.3 is 10.4 Å². The minimum atomic E-state index is -0.440. The van der Waals surface area contributed by atoms with Gasteiger partial charge in [-0.1, -0.05) is 56.0 Å². The number of carbonyl (C=O) groups is 2.